The van der Waals surface area contributed by atoms with E-state index in [4.69, 9.17) is 0 Å². The van der Waals surface area contributed by atoms with Gasteiger partial charge in [0.05, 0.1) is 10.9 Å². The third kappa shape index (κ3) is 2.21. The summed E-state index contributed by atoms with van der Waals surface area (Å²) in [4.78, 5) is 27.2. The molecule has 0 bridgehead atoms. The number of hydrogen-bond donors (Lipinski definition) is 2. The normalized spacial score (nSPS) is 19.1. The van der Waals surface area contributed by atoms with Crippen LogP contribution in [0.25, 0.3) is 10.9 Å². The first-order valence-electron chi connectivity index (χ1n) is 6.59. The number of fused-ring (bicyclic) bond motifs is 1. The topological polar surface area (TPSA) is 66.9 Å². The summed E-state index contributed by atoms with van der Waals surface area (Å²) in [5.41, 5.74) is 1.13. The van der Waals surface area contributed by atoms with Crippen molar-refractivity contribution in [1.82, 2.24) is 14.9 Å². The number of benzene rings is 1. The molecular weight excluding hydrogens is 242 g/mol. The summed E-state index contributed by atoms with van der Waals surface area (Å²) < 4.78 is 1.33. The van der Waals surface area contributed by atoms with E-state index in [0.717, 1.165) is 25.1 Å². The van der Waals surface area contributed by atoms with E-state index in [1.807, 2.05) is 19.1 Å². The van der Waals surface area contributed by atoms with Crippen LogP contribution in [0.2, 0.25) is 0 Å². The van der Waals surface area contributed by atoms with E-state index >= 15 is 0 Å². The number of nitrogens with one attached hydrogen (secondary N) is 2. The maximum absolute atomic E-state index is 12.4. The van der Waals surface area contributed by atoms with Crippen molar-refractivity contribution >= 4 is 10.9 Å². The van der Waals surface area contributed by atoms with Gasteiger partial charge in [0.2, 0.25) is 0 Å². The molecule has 2 heterocycles. The lowest BCUT2D eigenvalue weighted by Crippen LogP contribution is -2.37. The Morgan fingerprint density at radius 3 is 2.95 bits per heavy atom. The van der Waals surface area contributed by atoms with Crippen LogP contribution in [0.15, 0.2) is 27.8 Å². The minimum Gasteiger partial charge on any atom is -0.316 e. The van der Waals surface area contributed by atoms with E-state index in [9.17, 15) is 9.59 Å². The van der Waals surface area contributed by atoms with E-state index in [0.29, 0.717) is 23.4 Å². The van der Waals surface area contributed by atoms with Crippen molar-refractivity contribution in [1.29, 1.82) is 0 Å². The Hall–Kier alpha value is -1.88. The number of aryl methyl sites for hydroxylation is 1. The molecule has 1 aromatic heterocycles. The third-order valence-corrected chi connectivity index (χ3v) is 3.74. The summed E-state index contributed by atoms with van der Waals surface area (Å²) >= 11 is 0. The highest BCUT2D eigenvalue weighted by Gasteiger charge is 2.17. The monoisotopic (exact) mass is 259 g/mol. The summed E-state index contributed by atoms with van der Waals surface area (Å²) in [5, 5.41) is 3.84. The van der Waals surface area contributed by atoms with Crippen molar-refractivity contribution in [3.8, 4) is 0 Å². The van der Waals surface area contributed by atoms with E-state index in [-0.39, 0.29) is 11.2 Å². The molecule has 5 heteroatoms. The molecule has 0 aliphatic carbocycles. The zero-order valence-corrected chi connectivity index (χ0v) is 10.9. The van der Waals surface area contributed by atoms with Crippen molar-refractivity contribution in [3.63, 3.8) is 0 Å². The molecule has 19 heavy (non-hydrogen) atoms. The Kier molecular flexibility index (Phi) is 2.98. The lowest BCUT2D eigenvalue weighted by molar-refractivity contribution is 0.460. The summed E-state index contributed by atoms with van der Waals surface area (Å²) in [6, 6.07) is 5.51. The average Bonchev–Trinajstić information content (AvgIpc) is 2.89. The van der Waals surface area contributed by atoms with Gasteiger partial charge in [-0.25, -0.2) is 4.79 Å². The van der Waals surface area contributed by atoms with Crippen LogP contribution in [0.3, 0.4) is 0 Å². The number of nitrogens with zero attached hydrogens (tertiary/aromatic N) is 1. The fourth-order valence-electron chi connectivity index (χ4n) is 2.66. The van der Waals surface area contributed by atoms with E-state index in [1.165, 1.54) is 4.57 Å². The first-order chi connectivity index (χ1) is 9.15. The lowest BCUT2D eigenvalue weighted by atomic mass is 10.1. The van der Waals surface area contributed by atoms with Crippen LogP contribution in [0.4, 0.5) is 0 Å². The van der Waals surface area contributed by atoms with Crippen LogP contribution < -0.4 is 16.6 Å². The molecule has 0 radical (unpaired) electrons. The Morgan fingerprint density at radius 2 is 2.21 bits per heavy atom. The fourth-order valence-corrected chi connectivity index (χ4v) is 2.66. The van der Waals surface area contributed by atoms with Gasteiger partial charge in [-0.3, -0.25) is 9.36 Å². The number of aromatic amines is 1. The highest BCUT2D eigenvalue weighted by Crippen LogP contribution is 2.10. The number of H-pyrrole nitrogens is 1. The predicted octanol–water partition coefficient (Wildman–Crippen LogP) is 0.608. The van der Waals surface area contributed by atoms with Gasteiger partial charge >= 0.3 is 5.69 Å². The van der Waals surface area contributed by atoms with Crippen molar-refractivity contribution in [2.75, 3.05) is 13.1 Å². The van der Waals surface area contributed by atoms with Crippen LogP contribution in [0, 0.1) is 12.8 Å². The molecule has 1 aliphatic rings. The molecule has 1 aliphatic heterocycles. The zero-order valence-electron chi connectivity index (χ0n) is 10.9. The second-order valence-corrected chi connectivity index (χ2v) is 5.25. The summed E-state index contributed by atoms with van der Waals surface area (Å²) in [7, 11) is 0. The smallest absolute Gasteiger partial charge is 0.316 e. The maximum Gasteiger partial charge on any atom is 0.328 e. The van der Waals surface area contributed by atoms with Gasteiger partial charge in [0.15, 0.2) is 0 Å². The molecule has 1 saturated heterocycles. The highest BCUT2D eigenvalue weighted by atomic mass is 16.2. The van der Waals surface area contributed by atoms with Crippen LogP contribution in [0.1, 0.15) is 12.0 Å². The van der Waals surface area contributed by atoms with Gasteiger partial charge in [-0.05, 0) is 44.5 Å². The van der Waals surface area contributed by atoms with Crippen molar-refractivity contribution < 1.29 is 0 Å². The van der Waals surface area contributed by atoms with Crippen LogP contribution in [0.5, 0.6) is 0 Å². The van der Waals surface area contributed by atoms with Crippen molar-refractivity contribution in [2.24, 2.45) is 5.92 Å². The van der Waals surface area contributed by atoms with Gasteiger partial charge in [0, 0.05) is 6.54 Å². The lowest BCUT2D eigenvalue weighted by Gasteiger charge is -2.11. The molecule has 5 nitrogen and oxygen atoms in total. The predicted molar refractivity (Wildman–Crippen MR) is 74.5 cm³/mol. The minimum absolute atomic E-state index is 0.186. The first kappa shape index (κ1) is 12.2. The van der Waals surface area contributed by atoms with Crippen molar-refractivity contribution in [3.05, 3.63) is 44.6 Å². The average molecular weight is 259 g/mol. The zero-order chi connectivity index (χ0) is 13.4. The Bertz CT molecular complexity index is 724. The Morgan fingerprint density at radius 1 is 1.37 bits per heavy atom. The molecular formula is C14H17N3O2. The van der Waals surface area contributed by atoms with Crippen molar-refractivity contribution in [2.45, 2.75) is 19.9 Å². The van der Waals surface area contributed by atoms with E-state index < -0.39 is 0 Å². The minimum atomic E-state index is -0.312. The molecule has 2 aromatic rings. The molecule has 0 spiro atoms. The largest absolute Gasteiger partial charge is 0.328 e. The molecule has 0 saturated carbocycles. The van der Waals surface area contributed by atoms with Gasteiger partial charge < -0.3 is 10.3 Å². The van der Waals surface area contributed by atoms with Crippen LogP contribution in [-0.2, 0) is 6.54 Å². The number of rotatable bonds is 2. The molecule has 2 N–H and O–H groups in total. The standard InChI is InChI=1S/C14H17N3O2/c1-9-2-3-12-11(6-9)13(18)17(14(19)16-12)8-10-4-5-15-7-10/h2-3,6,10,15H,4-5,7-8H2,1H3,(H,16,19). The molecule has 0 amide bonds. The molecule has 100 valence electrons. The fraction of sp³-hybridized carbons (Fsp3) is 0.429. The summed E-state index contributed by atoms with van der Waals surface area (Å²) in [6.45, 7) is 4.27. The molecule has 1 fully saturated rings. The summed E-state index contributed by atoms with van der Waals surface area (Å²) in [5.74, 6) is 0.362. The highest BCUT2D eigenvalue weighted by molar-refractivity contribution is 5.77. The Balaban J connectivity index is 2.13. The van der Waals surface area contributed by atoms with E-state index in [1.54, 1.807) is 6.07 Å². The van der Waals surface area contributed by atoms with Gasteiger partial charge in [0.1, 0.15) is 0 Å². The van der Waals surface area contributed by atoms with Gasteiger partial charge in [-0.15, -0.1) is 0 Å². The second-order valence-electron chi connectivity index (χ2n) is 5.25. The molecule has 1 unspecified atom stereocenters. The molecule has 1 atom stereocenters. The molecule has 3 rings (SSSR count). The van der Waals surface area contributed by atoms with Gasteiger partial charge in [-0.1, -0.05) is 11.6 Å². The van der Waals surface area contributed by atoms with Gasteiger partial charge in [-0.2, -0.15) is 0 Å². The van der Waals surface area contributed by atoms with Crippen LogP contribution in [-0.4, -0.2) is 22.6 Å². The quantitative estimate of drug-likeness (QED) is 0.830. The number of aromatic nitrogens is 2. The van der Waals surface area contributed by atoms with E-state index in [2.05, 4.69) is 10.3 Å². The number of hydrogen-bond acceptors (Lipinski definition) is 3. The first-order valence-corrected chi connectivity index (χ1v) is 6.59. The molecule has 1 aromatic carbocycles. The Labute approximate surface area is 110 Å². The second kappa shape index (κ2) is 4.66. The van der Waals surface area contributed by atoms with Crippen LogP contribution >= 0.6 is 0 Å². The van der Waals surface area contributed by atoms with Gasteiger partial charge in [0.25, 0.3) is 5.56 Å². The summed E-state index contributed by atoms with van der Waals surface area (Å²) in [6.07, 6.45) is 1.01. The third-order valence-electron chi connectivity index (χ3n) is 3.74. The SMILES string of the molecule is Cc1ccc2[nH]c(=O)n(CC3CCNC3)c(=O)c2c1. The maximum atomic E-state index is 12.4.